The summed E-state index contributed by atoms with van der Waals surface area (Å²) in [6, 6.07) is 7.35. The van der Waals surface area contributed by atoms with Crippen molar-refractivity contribution >= 4 is 62.3 Å². The summed E-state index contributed by atoms with van der Waals surface area (Å²) in [5, 5.41) is 5.70. The van der Waals surface area contributed by atoms with E-state index in [4.69, 9.17) is 34.8 Å². The van der Waals surface area contributed by atoms with Crippen LogP contribution in [0.15, 0.2) is 28.7 Å². The van der Waals surface area contributed by atoms with E-state index < -0.39 is 9.96 Å². The molecule has 0 aliphatic rings. The van der Waals surface area contributed by atoms with E-state index in [9.17, 15) is 4.79 Å². The number of benzene rings is 1. The molecule has 0 fully saturated rings. The van der Waals surface area contributed by atoms with Crippen molar-refractivity contribution < 1.29 is 4.79 Å². The van der Waals surface area contributed by atoms with Gasteiger partial charge in [-0.2, -0.15) is 0 Å². The Kier molecular flexibility index (Phi) is 6.92. The van der Waals surface area contributed by atoms with Gasteiger partial charge >= 0.3 is 0 Å². The van der Waals surface area contributed by atoms with Gasteiger partial charge in [0.15, 0.2) is 0 Å². The summed E-state index contributed by atoms with van der Waals surface area (Å²) in [7, 11) is 0. The molecule has 3 nitrogen and oxygen atoms in total. The molecule has 1 aromatic rings. The van der Waals surface area contributed by atoms with Gasteiger partial charge in [-0.1, -0.05) is 64.6 Å². The summed E-state index contributed by atoms with van der Waals surface area (Å²) >= 11 is 21.1. The molecule has 7 heteroatoms. The molecule has 0 aliphatic carbocycles. The summed E-state index contributed by atoms with van der Waals surface area (Å²) in [6.07, 6.45) is -0.431. The SMILES string of the molecule is CC(C)CC(=O)N[C@H](Nc1ccc(Br)cc1)C(Cl)(Cl)Cl. The van der Waals surface area contributed by atoms with Gasteiger partial charge in [0.1, 0.15) is 6.17 Å². The summed E-state index contributed by atoms with van der Waals surface area (Å²) in [4.78, 5) is 11.8. The minimum Gasteiger partial charge on any atom is -0.362 e. The molecule has 0 saturated heterocycles. The van der Waals surface area contributed by atoms with Gasteiger partial charge in [0.25, 0.3) is 0 Å². The van der Waals surface area contributed by atoms with E-state index in [2.05, 4.69) is 26.6 Å². The summed E-state index contributed by atoms with van der Waals surface area (Å²) in [5.74, 6) is 0.0691. The van der Waals surface area contributed by atoms with Crippen LogP contribution in [0.3, 0.4) is 0 Å². The van der Waals surface area contributed by atoms with Crippen molar-refractivity contribution in [2.45, 2.75) is 30.2 Å². The van der Waals surface area contributed by atoms with Crippen molar-refractivity contribution in [3.63, 3.8) is 0 Å². The predicted octanol–water partition coefficient (Wildman–Crippen LogP) is 4.72. The molecule has 0 unspecified atom stereocenters. The third kappa shape index (κ3) is 6.53. The maximum Gasteiger partial charge on any atom is 0.228 e. The van der Waals surface area contributed by atoms with Crippen molar-refractivity contribution in [2.75, 3.05) is 5.32 Å². The number of halogens is 4. The monoisotopic (exact) mass is 400 g/mol. The normalized spacial score (nSPS) is 13.2. The lowest BCUT2D eigenvalue weighted by Gasteiger charge is -2.27. The van der Waals surface area contributed by atoms with Crippen molar-refractivity contribution in [1.82, 2.24) is 5.32 Å². The molecule has 0 bridgehead atoms. The fourth-order valence-electron chi connectivity index (χ4n) is 1.50. The Labute approximate surface area is 142 Å². The van der Waals surface area contributed by atoms with E-state index in [0.29, 0.717) is 6.42 Å². The molecule has 0 aromatic heterocycles. The Morgan fingerprint density at radius 3 is 2.25 bits per heavy atom. The number of anilines is 1. The standard InChI is InChI=1S/C13H16BrCl3N2O/c1-8(2)7-11(20)19-12(13(15,16)17)18-10-5-3-9(14)4-6-10/h3-6,8,12,18H,7H2,1-2H3,(H,19,20)/t12-/m0/s1. The fourth-order valence-corrected chi connectivity index (χ4v) is 2.09. The zero-order chi connectivity index (χ0) is 15.3. The number of alkyl halides is 3. The van der Waals surface area contributed by atoms with Crippen LogP contribution in [0.2, 0.25) is 0 Å². The highest BCUT2D eigenvalue weighted by atomic mass is 79.9. The number of carbonyl (C=O) groups excluding carboxylic acids is 1. The third-order valence-corrected chi connectivity index (χ3v) is 3.56. The van der Waals surface area contributed by atoms with Crippen molar-refractivity contribution in [3.8, 4) is 0 Å². The van der Waals surface area contributed by atoms with E-state index in [-0.39, 0.29) is 11.8 Å². The van der Waals surface area contributed by atoms with Crippen molar-refractivity contribution in [2.24, 2.45) is 5.92 Å². The number of rotatable bonds is 5. The van der Waals surface area contributed by atoms with Gasteiger partial charge in [-0.3, -0.25) is 4.79 Å². The predicted molar refractivity (Wildman–Crippen MR) is 89.4 cm³/mol. The first-order valence-corrected chi connectivity index (χ1v) is 7.99. The second-order valence-corrected chi connectivity index (χ2v) is 8.08. The molecule has 0 heterocycles. The van der Waals surface area contributed by atoms with Gasteiger partial charge in [-0.25, -0.2) is 0 Å². The lowest BCUT2D eigenvalue weighted by Crippen LogP contribution is -2.49. The van der Waals surface area contributed by atoms with Crippen LogP contribution in [0.4, 0.5) is 5.69 Å². The number of carbonyl (C=O) groups is 1. The summed E-state index contributed by atoms with van der Waals surface area (Å²) < 4.78 is -0.711. The van der Waals surface area contributed by atoms with Crippen LogP contribution in [0, 0.1) is 5.92 Å². The highest BCUT2D eigenvalue weighted by Gasteiger charge is 2.34. The van der Waals surface area contributed by atoms with Gasteiger partial charge in [-0.15, -0.1) is 0 Å². The minimum absolute atomic E-state index is 0.166. The zero-order valence-electron chi connectivity index (χ0n) is 11.1. The van der Waals surface area contributed by atoms with Crippen molar-refractivity contribution in [3.05, 3.63) is 28.7 Å². The Balaban J connectivity index is 2.75. The van der Waals surface area contributed by atoms with Gasteiger partial charge in [0.2, 0.25) is 9.70 Å². The van der Waals surface area contributed by atoms with Crippen LogP contribution >= 0.6 is 50.7 Å². The highest BCUT2D eigenvalue weighted by molar-refractivity contribution is 9.10. The first-order valence-electron chi connectivity index (χ1n) is 6.06. The van der Waals surface area contributed by atoms with E-state index in [1.54, 1.807) is 0 Å². The molecular weight excluding hydrogens is 386 g/mol. The fraction of sp³-hybridized carbons (Fsp3) is 0.462. The Bertz CT molecular complexity index is 446. The number of hydrogen-bond acceptors (Lipinski definition) is 2. The quantitative estimate of drug-likeness (QED) is 0.553. The topological polar surface area (TPSA) is 41.1 Å². The second kappa shape index (κ2) is 7.74. The molecule has 0 spiro atoms. The molecular formula is C13H16BrCl3N2O. The van der Waals surface area contributed by atoms with Crippen LogP contribution in [-0.2, 0) is 4.79 Å². The number of nitrogens with one attached hydrogen (secondary N) is 2. The molecule has 1 rings (SSSR count). The van der Waals surface area contributed by atoms with Crippen LogP contribution in [0.25, 0.3) is 0 Å². The minimum atomic E-state index is -1.65. The van der Waals surface area contributed by atoms with E-state index in [1.807, 2.05) is 38.1 Å². The largest absolute Gasteiger partial charge is 0.362 e. The molecule has 1 atom stereocenters. The first-order chi connectivity index (χ1) is 9.18. The molecule has 1 aromatic carbocycles. The Morgan fingerprint density at radius 2 is 1.80 bits per heavy atom. The van der Waals surface area contributed by atoms with Gasteiger partial charge < -0.3 is 10.6 Å². The Morgan fingerprint density at radius 1 is 1.25 bits per heavy atom. The first kappa shape index (κ1) is 17.9. The second-order valence-electron chi connectivity index (χ2n) is 4.79. The molecule has 0 aliphatic heterocycles. The van der Waals surface area contributed by atoms with Crippen LogP contribution < -0.4 is 10.6 Å². The van der Waals surface area contributed by atoms with Crippen LogP contribution in [-0.4, -0.2) is 15.9 Å². The summed E-state index contributed by atoms with van der Waals surface area (Å²) in [6.45, 7) is 3.90. The van der Waals surface area contributed by atoms with Crippen molar-refractivity contribution in [1.29, 1.82) is 0 Å². The molecule has 1 amide bonds. The van der Waals surface area contributed by atoms with Gasteiger partial charge in [0, 0.05) is 16.6 Å². The average molecular weight is 403 g/mol. The van der Waals surface area contributed by atoms with Crippen LogP contribution in [0.5, 0.6) is 0 Å². The average Bonchev–Trinajstić information content (AvgIpc) is 2.28. The molecule has 20 heavy (non-hydrogen) atoms. The van der Waals surface area contributed by atoms with E-state index in [1.165, 1.54) is 0 Å². The maximum atomic E-state index is 11.8. The Hall–Kier alpha value is -0.160. The molecule has 0 saturated carbocycles. The summed E-state index contributed by atoms with van der Waals surface area (Å²) in [5.41, 5.74) is 0.745. The lowest BCUT2D eigenvalue weighted by atomic mass is 10.1. The smallest absolute Gasteiger partial charge is 0.228 e. The van der Waals surface area contributed by atoms with Gasteiger partial charge in [0.05, 0.1) is 0 Å². The third-order valence-electron chi connectivity index (χ3n) is 2.38. The zero-order valence-corrected chi connectivity index (χ0v) is 14.9. The van der Waals surface area contributed by atoms with Crippen LogP contribution in [0.1, 0.15) is 20.3 Å². The molecule has 2 N–H and O–H groups in total. The number of hydrogen-bond donors (Lipinski definition) is 2. The number of amides is 1. The van der Waals surface area contributed by atoms with Gasteiger partial charge in [-0.05, 0) is 30.2 Å². The highest BCUT2D eigenvalue weighted by Crippen LogP contribution is 2.31. The lowest BCUT2D eigenvalue weighted by molar-refractivity contribution is -0.122. The van der Waals surface area contributed by atoms with E-state index >= 15 is 0 Å². The van der Waals surface area contributed by atoms with E-state index in [0.717, 1.165) is 10.2 Å². The molecule has 0 radical (unpaired) electrons. The molecule has 112 valence electrons. The maximum absolute atomic E-state index is 11.8.